The molecule has 2 nitrogen and oxygen atoms in total. The minimum Gasteiger partial charge on any atom is -0.490 e. The summed E-state index contributed by atoms with van der Waals surface area (Å²) in [7, 11) is 0. The molecule has 2 atom stereocenters. The molecule has 1 N–H and O–H groups in total. The molecule has 2 rings (SSSR count). The van der Waals surface area contributed by atoms with Gasteiger partial charge in [0.2, 0.25) is 5.82 Å². The van der Waals surface area contributed by atoms with Crippen LogP contribution in [0.15, 0.2) is 40.9 Å². The summed E-state index contributed by atoms with van der Waals surface area (Å²) in [5, 5.41) is 10.3. The molecule has 0 saturated carbocycles. The van der Waals surface area contributed by atoms with E-state index in [4.69, 9.17) is 4.74 Å². The highest BCUT2D eigenvalue weighted by molar-refractivity contribution is 9.10. The number of rotatable bonds is 6. The fraction of sp³-hybridized carbons (Fsp3) is 0.294. The molecule has 0 aromatic heterocycles. The molecule has 0 saturated heterocycles. The first-order valence-corrected chi connectivity index (χ1v) is 7.91. The van der Waals surface area contributed by atoms with Gasteiger partial charge < -0.3 is 9.84 Å². The van der Waals surface area contributed by atoms with Gasteiger partial charge in [-0.2, -0.15) is 4.39 Å². The maximum atomic E-state index is 14.3. The van der Waals surface area contributed by atoms with Crippen LogP contribution in [-0.4, -0.2) is 17.9 Å². The lowest BCUT2D eigenvalue weighted by atomic mass is 9.89. The van der Waals surface area contributed by atoms with E-state index in [1.54, 1.807) is 0 Å². The quantitative estimate of drug-likeness (QED) is 0.547. The van der Waals surface area contributed by atoms with Gasteiger partial charge in [0.15, 0.2) is 11.6 Å². The molecule has 130 valence electrons. The Hall–Kier alpha value is -1.60. The van der Waals surface area contributed by atoms with Crippen molar-refractivity contribution in [3.8, 4) is 5.75 Å². The molecule has 0 aliphatic heterocycles. The standard InChI is InChI=1S/C17H15BrF4O2/c1-17(23,10-2-4-12(19)5-3-10)15(21)6-7-24-14-9-11(18)8-13(20)16(14)22/h2-5,8-9,15,23H,6-7H2,1H3. The van der Waals surface area contributed by atoms with E-state index in [1.807, 2.05) is 0 Å². The van der Waals surface area contributed by atoms with Gasteiger partial charge in [-0.15, -0.1) is 0 Å². The minimum absolute atomic E-state index is 0.205. The molecule has 2 aromatic rings. The van der Waals surface area contributed by atoms with Crippen LogP contribution < -0.4 is 4.74 Å². The van der Waals surface area contributed by atoms with Crippen LogP contribution in [0.1, 0.15) is 18.9 Å². The van der Waals surface area contributed by atoms with Crippen molar-refractivity contribution >= 4 is 15.9 Å². The first kappa shape index (κ1) is 18.7. The SMILES string of the molecule is CC(O)(c1ccc(F)cc1)C(F)CCOc1cc(Br)cc(F)c1F. The van der Waals surface area contributed by atoms with Crippen molar-refractivity contribution < 1.29 is 27.4 Å². The van der Waals surface area contributed by atoms with Crippen LogP contribution in [0.5, 0.6) is 5.75 Å². The van der Waals surface area contributed by atoms with E-state index in [0.717, 1.165) is 18.2 Å². The fourth-order valence-corrected chi connectivity index (χ4v) is 2.57. The molecule has 0 bridgehead atoms. The van der Waals surface area contributed by atoms with E-state index in [9.17, 15) is 22.7 Å². The van der Waals surface area contributed by atoms with Crippen molar-refractivity contribution in [3.05, 3.63) is 63.9 Å². The minimum atomic E-state index is -1.86. The average molecular weight is 407 g/mol. The average Bonchev–Trinajstić information content (AvgIpc) is 2.52. The summed E-state index contributed by atoms with van der Waals surface area (Å²) in [5.41, 5.74) is -1.66. The molecule has 0 aliphatic rings. The van der Waals surface area contributed by atoms with Crippen molar-refractivity contribution in [2.24, 2.45) is 0 Å². The molecule has 0 spiro atoms. The summed E-state index contributed by atoms with van der Waals surface area (Å²) in [6, 6.07) is 6.97. The third-order valence-electron chi connectivity index (χ3n) is 3.63. The van der Waals surface area contributed by atoms with Gasteiger partial charge in [-0.3, -0.25) is 0 Å². The highest BCUT2D eigenvalue weighted by Crippen LogP contribution is 2.30. The summed E-state index contributed by atoms with van der Waals surface area (Å²) in [4.78, 5) is 0. The van der Waals surface area contributed by atoms with Crippen LogP contribution in [0, 0.1) is 17.5 Å². The second kappa shape index (κ2) is 7.53. The van der Waals surface area contributed by atoms with Crippen molar-refractivity contribution in [2.75, 3.05) is 6.61 Å². The van der Waals surface area contributed by atoms with Crippen LogP contribution in [0.3, 0.4) is 0 Å². The largest absolute Gasteiger partial charge is 0.490 e. The first-order valence-electron chi connectivity index (χ1n) is 7.11. The van der Waals surface area contributed by atoms with E-state index >= 15 is 0 Å². The van der Waals surface area contributed by atoms with Crippen LogP contribution in [0.4, 0.5) is 17.6 Å². The van der Waals surface area contributed by atoms with Crippen molar-refractivity contribution in [2.45, 2.75) is 25.1 Å². The number of aliphatic hydroxyl groups is 1. The van der Waals surface area contributed by atoms with Gasteiger partial charge in [-0.1, -0.05) is 28.1 Å². The van der Waals surface area contributed by atoms with Gasteiger partial charge >= 0.3 is 0 Å². The van der Waals surface area contributed by atoms with Crippen LogP contribution in [0.25, 0.3) is 0 Å². The predicted octanol–water partition coefficient (Wildman–Crippen LogP) is 4.88. The number of hydrogen-bond donors (Lipinski definition) is 1. The summed E-state index contributed by atoms with van der Waals surface area (Å²) < 4.78 is 59.4. The Kier molecular flexibility index (Phi) is 5.87. The van der Waals surface area contributed by atoms with Gasteiger partial charge in [0.25, 0.3) is 0 Å². The molecule has 24 heavy (non-hydrogen) atoms. The molecule has 0 fully saturated rings. The normalized spacial score (nSPS) is 15.0. The molecular formula is C17H15BrF4O2. The zero-order valence-electron chi connectivity index (χ0n) is 12.7. The second-order valence-electron chi connectivity index (χ2n) is 5.46. The third kappa shape index (κ3) is 4.27. The molecular weight excluding hydrogens is 392 g/mol. The molecule has 7 heteroatoms. The summed E-state index contributed by atoms with van der Waals surface area (Å²) in [5.74, 6) is -3.11. The van der Waals surface area contributed by atoms with Gasteiger partial charge in [0.1, 0.15) is 17.6 Å². The number of ether oxygens (including phenoxy) is 1. The Morgan fingerprint density at radius 3 is 2.42 bits per heavy atom. The highest BCUT2D eigenvalue weighted by atomic mass is 79.9. The third-order valence-corrected chi connectivity index (χ3v) is 4.08. The molecule has 0 amide bonds. The van der Waals surface area contributed by atoms with Crippen LogP contribution >= 0.6 is 15.9 Å². The second-order valence-corrected chi connectivity index (χ2v) is 6.37. The van der Waals surface area contributed by atoms with E-state index in [2.05, 4.69) is 15.9 Å². The van der Waals surface area contributed by atoms with E-state index in [0.29, 0.717) is 0 Å². The van der Waals surface area contributed by atoms with Gasteiger partial charge in [-0.05, 0) is 36.8 Å². The number of halogens is 5. The maximum absolute atomic E-state index is 14.3. The molecule has 2 aromatic carbocycles. The zero-order chi connectivity index (χ0) is 17.9. The number of alkyl halides is 1. The molecule has 0 aliphatic carbocycles. The summed E-state index contributed by atoms with van der Waals surface area (Å²) >= 11 is 3.00. The molecule has 0 radical (unpaired) electrons. The van der Waals surface area contributed by atoms with E-state index in [1.165, 1.54) is 25.1 Å². The lowest BCUT2D eigenvalue weighted by molar-refractivity contribution is -0.0324. The van der Waals surface area contributed by atoms with Gasteiger partial charge in [0, 0.05) is 10.9 Å². The van der Waals surface area contributed by atoms with Crippen molar-refractivity contribution in [1.29, 1.82) is 0 Å². The van der Waals surface area contributed by atoms with E-state index in [-0.39, 0.29) is 28.8 Å². The Morgan fingerprint density at radius 1 is 1.17 bits per heavy atom. The van der Waals surface area contributed by atoms with Crippen LogP contribution in [-0.2, 0) is 5.60 Å². The lowest BCUT2D eigenvalue weighted by Gasteiger charge is -2.28. The van der Waals surface area contributed by atoms with Crippen LogP contribution in [0.2, 0.25) is 0 Å². The topological polar surface area (TPSA) is 29.5 Å². The van der Waals surface area contributed by atoms with Crippen molar-refractivity contribution in [3.63, 3.8) is 0 Å². The highest BCUT2D eigenvalue weighted by Gasteiger charge is 2.34. The predicted molar refractivity (Wildman–Crippen MR) is 85.0 cm³/mol. The summed E-state index contributed by atoms with van der Waals surface area (Å²) in [6.45, 7) is 0.982. The Balaban J connectivity index is 2.00. The monoisotopic (exact) mass is 406 g/mol. The number of hydrogen-bond acceptors (Lipinski definition) is 2. The fourth-order valence-electron chi connectivity index (χ4n) is 2.16. The zero-order valence-corrected chi connectivity index (χ0v) is 14.3. The van der Waals surface area contributed by atoms with Gasteiger partial charge in [-0.25, -0.2) is 13.2 Å². The maximum Gasteiger partial charge on any atom is 0.200 e. The lowest BCUT2D eigenvalue weighted by Crippen LogP contribution is -2.34. The van der Waals surface area contributed by atoms with Gasteiger partial charge in [0.05, 0.1) is 6.61 Å². The Morgan fingerprint density at radius 2 is 1.79 bits per heavy atom. The smallest absolute Gasteiger partial charge is 0.200 e. The Labute approximate surface area is 145 Å². The first-order chi connectivity index (χ1) is 11.2. The molecule has 2 unspecified atom stereocenters. The number of benzene rings is 2. The Bertz CT molecular complexity index is 704. The van der Waals surface area contributed by atoms with Crippen molar-refractivity contribution in [1.82, 2.24) is 0 Å². The molecule has 0 heterocycles. The van der Waals surface area contributed by atoms with E-state index < -0.39 is 29.2 Å². The summed E-state index contributed by atoms with van der Waals surface area (Å²) in [6.07, 6.45) is -2.01.